The number of rotatable bonds is 8. The Kier molecular flexibility index (Phi) is 8.43. The van der Waals surface area contributed by atoms with E-state index in [0.29, 0.717) is 29.6 Å². The molecule has 0 radical (unpaired) electrons. The second-order valence-electron chi connectivity index (χ2n) is 7.92. The van der Waals surface area contributed by atoms with Gasteiger partial charge in [0.25, 0.3) is 5.91 Å². The Morgan fingerprint density at radius 3 is 2.47 bits per heavy atom. The third-order valence-corrected chi connectivity index (χ3v) is 6.16. The van der Waals surface area contributed by atoms with Crippen LogP contribution in [0, 0.1) is 0 Å². The van der Waals surface area contributed by atoms with Crippen LogP contribution < -0.4 is 9.47 Å². The maximum absolute atomic E-state index is 13.1. The van der Waals surface area contributed by atoms with Crippen LogP contribution in [0.1, 0.15) is 45.7 Å². The molecule has 1 aliphatic rings. The normalized spacial score (nSPS) is 16.6. The predicted octanol–water partition coefficient (Wildman–Crippen LogP) is 6.52. The van der Waals surface area contributed by atoms with Crippen molar-refractivity contribution >= 4 is 44.8 Å². The fourth-order valence-electron chi connectivity index (χ4n) is 3.21. The van der Waals surface area contributed by atoms with Crippen molar-refractivity contribution in [3.05, 3.63) is 63.0 Å². The highest BCUT2D eigenvalue weighted by molar-refractivity contribution is 9.10. The lowest BCUT2D eigenvalue weighted by Crippen LogP contribution is -2.35. The molecule has 0 bridgehead atoms. The van der Waals surface area contributed by atoms with E-state index in [-0.39, 0.29) is 18.0 Å². The molecule has 0 spiro atoms. The van der Waals surface area contributed by atoms with E-state index in [9.17, 15) is 4.79 Å². The molecule has 170 valence electrons. The number of thioether (sulfide) groups is 1. The molecule has 1 fully saturated rings. The van der Waals surface area contributed by atoms with Crippen LogP contribution in [0.25, 0.3) is 6.08 Å². The molecule has 32 heavy (non-hydrogen) atoms. The number of benzene rings is 2. The van der Waals surface area contributed by atoms with Crippen molar-refractivity contribution in [1.82, 2.24) is 4.90 Å². The Bertz CT molecular complexity index is 1020. The summed E-state index contributed by atoms with van der Waals surface area (Å²) in [5.74, 6) is 1.26. The highest BCUT2D eigenvalue weighted by Crippen LogP contribution is 2.40. The van der Waals surface area contributed by atoms with Crippen LogP contribution in [0.3, 0.4) is 0 Å². The van der Waals surface area contributed by atoms with E-state index in [1.54, 1.807) is 4.90 Å². The molecule has 0 aromatic heterocycles. The van der Waals surface area contributed by atoms with Crippen LogP contribution in [0.2, 0.25) is 0 Å². The SMILES string of the molecule is CCOc1cc(/C=C2/SC(=NC(C)C)N(C(C)C)C2=O)cc(Br)c1OCc1ccccc1. The van der Waals surface area contributed by atoms with Gasteiger partial charge < -0.3 is 9.47 Å². The monoisotopic (exact) mass is 516 g/mol. The minimum Gasteiger partial charge on any atom is -0.490 e. The molecular weight excluding hydrogens is 488 g/mol. The van der Waals surface area contributed by atoms with Crippen molar-refractivity contribution < 1.29 is 14.3 Å². The molecular formula is C25H29BrN2O3S. The van der Waals surface area contributed by atoms with Gasteiger partial charge in [-0.3, -0.25) is 14.7 Å². The van der Waals surface area contributed by atoms with Crippen LogP contribution >= 0.6 is 27.7 Å². The summed E-state index contributed by atoms with van der Waals surface area (Å²) in [7, 11) is 0. The van der Waals surface area contributed by atoms with Gasteiger partial charge in [-0.1, -0.05) is 30.3 Å². The maximum atomic E-state index is 13.1. The molecule has 0 unspecified atom stereocenters. The first kappa shape index (κ1) is 24.4. The van der Waals surface area contributed by atoms with Crippen LogP contribution in [-0.2, 0) is 11.4 Å². The Hall–Kier alpha value is -2.25. The zero-order chi connectivity index (χ0) is 23.3. The Labute approximate surface area is 203 Å². The average Bonchev–Trinajstić information content (AvgIpc) is 3.02. The van der Waals surface area contributed by atoms with Gasteiger partial charge in [0.15, 0.2) is 16.7 Å². The second-order valence-corrected chi connectivity index (χ2v) is 9.79. The smallest absolute Gasteiger partial charge is 0.266 e. The first-order valence-electron chi connectivity index (χ1n) is 10.7. The molecule has 7 heteroatoms. The average molecular weight is 517 g/mol. The summed E-state index contributed by atoms with van der Waals surface area (Å²) in [5.41, 5.74) is 1.93. The lowest BCUT2D eigenvalue weighted by Gasteiger charge is -2.20. The number of amides is 1. The first-order valence-corrected chi connectivity index (χ1v) is 12.3. The minimum atomic E-state index is -0.0251. The fraction of sp³-hybridized carbons (Fsp3) is 0.360. The van der Waals surface area contributed by atoms with E-state index in [2.05, 4.69) is 20.9 Å². The van der Waals surface area contributed by atoms with Crippen molar-refractivity contribution in [2.75, 3.05) is 6.61 Å². The molecule has 0 aliphatic carbocycles. The number of ether oxygens (including phenoxy) is 2. The number of carbonyl (C=O) groups excluding carboxylic acids is 1. The van der Waals surface area contributed by atoms with E-state index in [4.69, 9.17) is 9.47 Å². The molecule has 1 aliphatic heterocycles. The van der Waals surface area contributed by atoms with Gasteiger partial charge in [-0.15, -0.1) is 0 Å². The van der Waals surface area contributed by atoms with Crippen LogP contribution in [0.15, 0.2) is 56.8 Å². The molecule has 0 N–H and O–H groups in total. The van der Waals surface area contributed by atoms with E-state index in [1.165, 1.54) is 11.8 Å². The summed E-state index contributed by atoms with van der Waals surface area (Å²) >= 11 is 5.04. The van der Waals surface area contributed by atoms with Crippen LogP contribution in [0.5, 0.6) is 11.5 Å². The van der Waals surface area contributed by atoms with Crippen molar-refractivity contribution in [2.45, 2.75) is 53.3 Å². The predicted molar refractivity (Wildman–Crippen MR) is 136 cm³/mol. The van der Waals surface area contributed by atoms with E-state index >= 15 is 0 Å². The van der Waals surface area contributed by atoms with Gasteiger partial charge in [0.2, 0.25) is 0 Å². The van der Waals surface area contributed by atoms with E-state index < -0.39 is 0 Å². The zero-order valence-corrected chi connectivity index (χ0v) is 21.5. The Morgan fingerprint density at radius 1 is 1.12 bits per heavy atom. The molecule has 0 saturated carbocycles. The summed E-state index contributed by atoms with van der Waals surface area (Å²) in [5, 5.41) is 0.748. The molecule has 0 atom stereocenters. The van der Waals surface area contributed by atoms with Gasteiger partial charge >= 0.3 is 0 Å². The minimum absolute atomic E-state index is 0.0251. The highest BCUT2D eigenvalue weighted by atomic mass is 79.9. The van der Waals surface area contributed by atoms with Gasteiger partial charge in [0, 0.05) is 12.1 Å². The molecule has 1 saturated heterocycles. The molecule has 2 aromatic rings. The fourth-order valence-corrected chi connectivity index (χ4v) is 5.02. The van der Waals surface area contributed by atoms with E-state index in [0.717, 1.165) is 20.8 Å². The standard InChI is InChI=1S/C25H29BrN2O3S/c1-6-30-21-13-19(12-20(26)23(21)31-15-18-10-8-7-9-11-18)14-22-24(29)28(17(4)5)25(32-22)27-16(2)3/h7-14,16-17H,6,15H2,1-5H3/b22-14+,27-25?. The zero-order valence-electron chi connectivity index (χ0n) is 19.1. The summed E-state index contributed by atoms with van der Waals surface area (Å²) < 4.78 is 12.7. The summed E-state index contributed by atoms with van der Waals surface area (Å²) in [6, 6.07) is 14.0. The molecule has 2 aromatic carbocycles. The van der Waals surface area contributed by atoms with Crippen molar-refractivity contribution in [2.24, 2.45) is 4.99 Å². The Morgan fingerprint density at radius 2 is 1.84 bits per heavy atom. The van der Waals surface area contributed by atoms with Crippen LogP contribution in [-0.4, -0.2) is 34.7 Å². The van der Waals surface area contributed by atoms with Gasteiger partial charge in [0.1, 0.15) is 6.61 Å². The third-order valence-electron chi connectivity index (χ3n) is 4.58. The van der Waals surface area contributed by atoms with Gasteiger partial charge in [-0.25, -0.2) is 0 Å². The van der Waals surface area contributed by atoms with Crippen molar-refractivity contribution in [3.8, 4) is 11.5 Å². The molecule has 5 nitrogen and oxygen atoms in total. The number of hydrogen-bond acceptors (Lipinski definition) is 5. The highest BCUT2D eigenvalue weighted by Gasteiger charge is 2.35. The summed E-state index contributed by atoms with van der Waals surface area (Å²) in [4.78, 5) is 20.1. The quantitative estimate of drug-likeness (QED) is 0.375. The third kappa shape index (κ3) is 5.95. The molecule has 1 amide bonds. The topological polar surface area (TPSA) is 51.1 Å². The number of carbonyl (C=O) groups is 1. The first-order chi connectivity index (χ1) is 15.3. The lowest BCUT2D eigenvalue weighted by atomic mass is 10.1. The summed E-state index contributed by atoms with van der Waals surface area (Å²) in [6.07, 6.45) is 1.89. The number of nitrogens with zero attached hydrogens (tertiary/aromatic N) is 2. The number of aliphatic imine (C=N–C) groups is 1. The van der Waals surface area contributed by atoms with Crippen molar-refractivity contribution in [3.63, 3.8) is 0 Å². The molecule has 1 heterocycles. The lowest BCUT2D eigenvalue weighted by molar-refractivity contribution is -0.123. The molecule has 3 rings (SSSR count). The van der Waals surface area contributed by atoms with E-state index in [1.807, 2.05) is 83.2 Å². The Balaban J connectivity index is 1.91. The maximum Gasteiger partial charge on any atom is 0.266 e. The largest absolute Gasteiger partial charge is 0.490 e. The second kappa shape index (κ2) is 11.1. The van der Waals surface area contributed by atoms with Gasteiger partial charge in [-0.05, 0) is 91.6 Å². The number of amidine groups is 1. The number of halogens is 1. The number of hydrogen-bond donors (Lipinski definition) is 0. The van der Waals surface area contributed by atoms with Gasteiger partial charge in [-0.2, -0.15) is 0 Å². The van der Waals surface area contributed by atoms with Crippen molar-refractivity contribution in [1.29, 1.82) is 0 Å². The van der Waals surface area contributed by atoms with Gasteiger partial charge in [0.05, 0.1) is 16.0 Å². The summed E-state index contributed by atoms with van der Waals surface area (Å²) in [6.45, 7) is 10.9. The van der Waals surface area contributed by atoms with Crippen LogP contribution in [0.4, 0.5) is 0 Å².